The number of benzene rings is 1. The summed E-state index contributed by atoms with van der Waals surface area (Å²) in [6.45, 7) is 3.11. The summed E-state index contributed by atoms with van der Waals surface area (Å²) < 4.78 is 7.98. The quantitative estimate of drug-likeness (QED) is 0.439. The van der Waals surface area contributed by atoms with Gasteiger partial charge in [0.2, 0.25) is 5.95 Å². The fourth-order valence-corrected chi connectivity index (χ4v) is 6.44. The van der Waals surface area contributed by atoms with Crippen molar-refractivity contribution < 1.29 is 4.74 Å². The number of nitrogens with one attached hydrogen (secondary N) is 1. The zero-order valence-electron chi connectivity index (χ0n) is 19.7. The highest BCUT2D eigenvalue weighted by Crippen LogP contribution is 2.42. The molecule has 7 nitrogen and oxygen atoms in total. The van der Waals surface area contributed by atoms with Crippen LogP contribution in [0.5, 0.6) is 0 Å². The van der Waals surface area contributed by atoms with Gasteiger partial charge in [0.1, 0.15) is 0 Å². The molecule has 7 rings (SSSR count). The Bertz CT molecular complexity index is 1250. The number of anilines is 2. The Morgan fingerprint density at radius 3 is 2.57 bits per heavy atom. The molecule has 0 unspecified atom stereocenters. The molecule has 4 aliphatic rings. The fourth-order valence-electron chi connectivity index (χ4n) is 5.83. The van der Waals surface area contributed by atoms with Gasteiger partial charge in [-0.1, -0.05) is 23.2 Å². The highest BCUT2D eigenvalue weighted by atomic mass is 35.5. The van der Waals surface area contributed by atoms with Crippen LogP contribution in [0.2, 0.25) is 10.2 Å². The molecule has 184 valence electrons. The maximum Gasteiger partial charge on any atom is 0.227 e. The standard InChI is InChI=1S/C26H30Cl2N6O/c27-21-9-17-12-29-26(32-23-13-30-34(25(23)28)18-3-4-18)31-22(17)11-20(21)15-5-7-33(8-6-15)19-10-24(35-14-19)16-1-2-16/h9,11-13,15-16,18-19,24H,1-8,10,14H2,(H,29,31,32)/t19-,24+/m1/s1. The smallest absolute Gasteiger partial charge is 0.227 e. The zero-order chi connectivity index (χ0) is 23.5. The van der Waals surface area contributed by atoms with Crippen LogP contribution < -0.4 is 5.32 Å². The van der Waals surface area contributed by atoms with Crippen LogP contribution in [0.1, 0.15) is 62.5 Å². The fraction of sp³-hybridized carbons (Fsp3) is 0.577. The summed E-state index contributed by atoms with van der Waals surface area (Å²) in [5, 5.41) is 10.0. The molecule has 0 amide bonds. The van der Waals surface area contributed by atoms with Crippen molar-refractivity contribution >= 4 is 45.7 Å². The van der Waals surface area contributed by atoms with Gasteiger partial charge in [-0.05, 0) is 87.6 Å². The van der Waals surface area contributed by atoms with Crippen LogP contribution in [0.25, 0.3) is 10.9 Å². The molecule has 2 saturated carbocycles. The largest absolute Gasteiger partial charge is 0.376 e. The van der Waals surface area contributed by atoms with Gasteiger partial charge in [-0.2, -0.15) is 5.10 Å². The van der Waals surface area contributed by atoms with E-state index in [1.54, 1.807) is 6.20 Å². The van der Waals surface area contributed by atoms with E-state index in [1.807, 2.05) is 16.9 Å². The van der Waals surface area contributed by atoms with Crippen LogP contribution in [0.4, 0.5) is 11.6 Å². The van der Waals surface area contributed by atoms with E-state index in [-0.39, 0.29) is 0 Å². The van der Waals surface area contributed by atoms with E-state index in [2.05, 4.69) is 26.4 Å². The van der Waals surface area contributed by atoms with Crippen molar-refractivity contribution in [3.63, 3.8) is 0 Å². The van der Waals surface area contributed by atoms with Crippen molar-refractivity contribution in [2.24, 2.45) is 5.92 Å². The van der Waals surface area contributed by atoms with Gasteiger partial charge in [0, 0.05) is 22.6 Å². The van der Waals surface area contributed by atoms with Crippen LogP contribution in [-0.2, 0) is 4.74 Å². The number of hydrogen-bond donors (Lipinski definition) is 1. The number of aromatic nitrogens is 4. The van der Waals surface area contributed by atoms with Gasteiger partial charge in [0.15, 0.2) is 5.15 Å². The Morgan fingerprint density at radius 1 is 0.971 bits per heavy atom. The maximum absolute atomic E-state index is 6.76. The molecule has 2 aromatic heterocycles. The molecule has 1 aromatic carbocycles. The maximum atomic E-state index is 6.76. The minimum atomic E-state index is 0.424. The number of halogens is 2. The highest BCUT2D eigenvalue weighted by molar-refractivity contribution is 6.32. The van der Waals surface area contributed by atoms with Crippen molar-refractivity contribution in [2.75, 3.05) is 25.0 Å². The predicted octanol–water partition coefficient (Wildman–Crippen LogP) is 5.96. The molecule has 0 radical (unpaired) electrons. The van der Waals surface area contributed by atoms with Gasteiger partial charge in [-0.25, -0.2) is 14.6 Å². The van der Waals surface area contributed by atoms with E-state index >= 15 is 0 Å². The molecular weight excluding hydrogens is 483 g/mol. The van der Waals surface area contributed by atoms with Gasteiger partial charge in [-0.15, -0.1) is 0 Å². The van der Waals surface area contributed by atoms with E-state index in [9.17, 15) is 0 Å². The average molecular weight is 513 g/mol. The molecule has 4 heterocycles. The average Bonchev–Trinajstić information content (AvgIpc) is 3.81. The summed E-state index contributed by atoms with van der Waals surface area (Å²) in [6, 6.07) is 5.17. The molecule has 0 bridgehead atoms. The summed E-state index contributed by atoms with van der Waals surface area (Å²) in [6.07, 6.45) is 12.5. The number of fused-ring (bicyclic) bond motifs is 1. The third kappa shape index (κ3) is 4.41. The summed E-state index contributed by atoms with van der Waals surface area (Å²) in [7, 11) is 0. The molecule has 2 aliphatic heterocycles. The minimum absolute atomic E-state index is 0.424. The van der Waals surface area contributed by atoms with Crippen LogP contribution in [0.3, 0.4) is 0 Å². The number of hydrogen-bond acceptors (Lipinski definition) is 6. The zero-order valence-corrected chi connectivity index (χ0v) is 21.2. The van der Waals surface area contributed by atoms with Crippen molar-refractivity contribution in [1.82, 2.24) is 24.6 Å². The lowest BCUT2D eigenvalue weighted by atomic mass is 9.88. The third-order valence-corrected chi connectivity index (χ3v) is 8.92. The van der Waals surface area contributed by atoms with Gasteiger partial charge < -0.3 is 10.1 Å². The first-order valence-electron chi connectivity index (χ1n) is 12.9. The van der Waals surface area contributed by atoms with Crippen LogP contribution >= 0.6 is 23.2 Å². The van der Waals surface area contributed by atoms with E-state index in [0.717, 1.165) is 72.9 Å². The summed E-state index contributed by atoms with van der Waals surface area (Å²) in [4.78, 5) is 11.9. The minimum Gasteiger partial charge on any atom is -0.376 e. The molecule has 35 heavy (non-hydrogen) atoms. The molecule has 9 heteroatoms. The first kappa shape index (κ1) is 22.3. The second-order valence-corrected chi connectivity index (χ2v) is 11.5. The Hall–Kier alpha value is -1.93. The SMILES string of the molecule is Clc1cc2cnc(Nc3cnn(C4CC4)c3Cl)nc2cc1C1CCN([C@H]2CO[C@H](C3CC3)C2)CC1. The number of likely N-dealkylation sites (tertiary alicyclic amines) is 1. The number of nitrogens with zero attached hydrogens (tertiary/aromatic N) is 5. The Kier molecular flexibility index (Phi) is 5.65. The van der Waals surface area contributed by atoms with Crippen LogP contribution in [0, 0.1) is 5.92 Å². The van der Waals surface area contributed by atoms with Crippen molar-refractivity contribution in [1.29, 1.82) is 0 Å². The van der Waals surface area contributed by atoms with E-state index in [1.165, 1.54) is 24.8 Å². The Morgan fingerprint density at radius 2 is 1.80 bits per heavy atom. The van der Waals surface area contributed by atoms with Gasteiger partial charge in [0.25, 0.3) is 0 Å². The lowest BCUT2D eigenvalue weighted by Crippen LogP contribution is -2.41. The summed E-state index contributed by atoms with van der Waals surface area (Å²) >= 11 is 13.3. The van der Waals surface area contributed by atoms with Crippen molar-refractivity contribution in [2.45, 2.75) is 69.1 Å². The van der Waals surface area contributed by atoms with Gasteiger partial charge in [-0.3, -0.25) is 4.90 Å². The second-order valence-electron chi connectivity index (χ2n) is 10.7. The number of ether oxygens (including phenoxy) is 1. The van der Waals surface area contributed by atoms with Crippen LogP contribution in [-0.4, -0.2) is 56.5 Å². The summed E-state index contributed by atoms with van der Waals surface area (Å²) in [5.41, 5.74) is 2.83. The van der Waals surface area contributed by atoms with Crippen molar-refractivity contribution in [3.8, 4) is 0 Å². The lowest BCUT2D eigenvalue weighted by Gasteiger charge is -2.36. The highest BCUT2D eigenvalue weighted by Gasteiger charge is 2.40. The van der Waals surface area contributed by atoms with Gasteiger partial charge in [0.05, 0.1) is 36.2 Å². The second kappa shape index (κ2) is 8.87. The van der Waals surface area contributed by atoms with E-state index in [0.29, 0.717) is 35.2 Å². The van der Waals surface area contributed by atoms with E-state index in [4.69, 9.17) is 32.9 Å². The predicted molar refractivity (Wildman–Crippen MR) is 138 cm³/mol. The molecular formula is C26H30Cl2N6O. The Balaban J connectivity index is 1.06. The number of piperidine rings is 1. The van der Waals surface area contributed by atoms with Crippen molar-refractivity contribution in [3.05, 3.63) is 40.3 Å². The van der Waals surface area contributed by atoms with Crippen LogP contribution in [0.15, 0.2) is 24.5 Å². The third-order valence-electron chi connectivity index (χ3n) is 8.21. The first-order chi connectivity index (χ1) is 17.1. The normalized spacial score (nSPS) is 26.0. The molecule has 2 aliphatic carbocycles. The molecule has 0 spiro atoms. The topological polar surface area (TPSA) is 68.1 Å². The first-order valence-corrected chi connectivity index (χ1v) is 13.7. The molecule has 2 saturated heterocycles. The monoisotopic (exact) mass is 512 g/mol. The molecule has 1 N–H and O–H groups in total. The lowest BCUT2D eigenvalue weighted by molar-refractivity contribution is 0.0793. The number of rotatable bonds is 6. The van der Waals surface area contributed by atoms with E-state index < -0.39 is 0 Å². The molecule has 4 fully saturated rings. The molecule has 3 aromatic rings. The Labute approximate surface area is 215 Å². The molecule has 2 atom stereocenters. The summed E-state index contributed by atoms with van der Waals surface area (Å²) in [5.74, 6) is 1.80. The van der Waals surface area contributed by atoms with Gasteiger partial charge >= 0.3 is 0 Å².